The van der Waals surface area contributed by atoms with Crippen LogP contribution in [0.1, 0.15) is 42.5 Å². The molecular weight excluding hydrogens is 376 g/mol. The van der Waals surface area contributed by atoms with E-state index in [0.29, 0.717) is 0 Å². The number of rotatable bonds is 4. The molecule has 156 valence electrons. The van der Waals surface area contributed by atoms with Crippen LogP contribution in [0.25, 0.3) is 33.2 Å². The Kier molecular flexibility index (Phi) is 5.31. The fourth-order valence-corrected chi connectivity index (χ4v) is 5.22. The highest BCUT2D eigenvalue weighted by atomic mass is 14.9. The fourth-order valence-electron chi connectivity index (χ4n) is 5.22. The van der Waals surface area contributed by atoms with Gasteiger partial charge in [-0.25, -0.2) is 0 Å². The molecule has 1 fully saturated rings. The van der Waals surface area contributed by atoms with E-state index >= 15 is 0 Å². The molecule has 2 aromatic carbocycles. The van der Waals surface area contributed by atoms with E-state index in [-0.39, 0.29) is 0 Å². The Balaban J connectivity index is 1.64. The highest BCUT2D eigenvalue weighted by molar-refractivity contribution is 5.95. The van der Waals surface area contributed by atoms with Crippen molar-refractivity contribution in [2.75, 3.05) is 0 Å². The van der Waals surface area contributed by atoms with Gasteiger partial charge in [0.1, 0.15) is 7.05 Å². The predicted octanol–water partition coefficient (Wildman–Crippen LogP) is 6.74. The maximum Gasteiger partial charge on any atom is 0.220 e. The quantitative estimate of drug-likeness (QED) is 0.342. The van der Waals surface area contributed by atoms with Crippen molar-refractivity contribution in [2.24, 2.45) is 13.0 Å². The van der Waals surface area contributed by atoms with Gasteiger partial charge in [0.2, 0.25) is 5.69 Å². The van der Waals surface area contributed by atoms with Crippen molar-refractivity contribution in [2.45, 2.75) is 46.0 Å². The van der Waals surface area contributed by atoms with E-state index in [9.17, 15) is 0 Å². The van der Waals surface area contributed by atoms with Crippen LogP contribution in [0.15, 0.2) is 67.0 Å². The van der Waals surface area contributed by atoms with Gasteiger partial charge in [-0.05, 0) is 59.5 Å². The summed E-state index contributed by atoms with van der Waals surface area (Å²) in [5.74, 6) is 0.872. The standard InChI is InChI=1S/C29H31N2/c1-20-10-12-24(25-9-6-14-30-19-25)18-28(20)29-27-13-11-23(16-22-7-4-5-8-22)17-26(27)15-21(2)31(29)3/h6,9-15,17-19,22H,4-5,7-8,16H2,1-3H3/q+1. The molecule has 1 aliphatic rings. The highest BCUT2D eigenvalue weighted by Crippen LogP contribution is 2.34. The Morgan fingerprint density at radius 3 is 2.55 bits per heavy atom. The van der Waals surface area contributed by atoms with Crippen molar-refractivity contribution in [3.05, 3.63) is 83.8 Å². The van der Waals surface area contributed by atoms with Gasteiger partial charge < -0.3 is 0 Å². The van der Waals surface area contributed by atoms with Crippen molar-refractivity contribution in [3.8, 4) is 22.4 Å². The lowest BCUT2D eigenvalue weighted by Gasteiger charge is -2.14. The van der Waals surface area contributed by atoms with E-state index in [1.807, 2.05) is 18.5 Å². The molecule has 2 nitrogen and oxygen atoms in total. The predicted molar refractivity (Wildman–Crippen MR) is 129 cm³/mol. The van der Waals surface area contributed by atoms with Gasteiger partial charge in [-0.15, -0.1) is 0 Å². The molecule has 2 aromatic heterocycles. The third kappa shape index (κ3) is 3.87. The zero-order chi connectivity index (χ0) is 21.4. The highest BCUT2D eigenvalue weighted by Gasteiger charge is 2.21. The molecule has 1 saturated carbocycles. The van der Waals surface area contributed by atoms with Gasteiger partial charge in [0.05, 0.1) is 10.9 Å². The molecule has 2 heteroatoms. The molecule has 0 aliphatic heterocycles. The Morgan fingerprint density at radius 1 is 0.935 bits per heavy atom. The maximum atomic E-state index is 4.31. The summed E-state index contributed by atoms with van der Waals surface area (Å²) in [5, 5.41) is 2.68. The Hall–Kier alpha value is -3.00. The number of hydrogen-bond donors (Lipinski definition) is 0. The van der Waals surface area contributed by atoms with Gasteiger partial charge >= 0.3 is 0 Å². The molecule has 1 aliphatic carbocycles. The van der Waals surface area contributed by atoms with E-state index < -0.39 is 0 Å². The second-order valence-electron chi connectivity index (χ2n) is 9.24. The van der Waals surface area contributed by atoms with Crippen LogP contribution in [0.5, 0.6) is 0 Å². The van der Waals surface area contributed by atoms with Gasteiger partial charge in [-0.3, -0.25) is 4.98 Å². The molecule has 31 heavy (non-hydrogen) atoms. The molecule has 5 rings (SSSR count). The third-order valence-electron chi connectivity index (χ3n) is 7.09. The van der Waals surface area contributed by atoms with Crippen LogP contribution in [0, 0.1) is 19.8 Å². The SMILES string of the molecule is Cc1ccc(-c2cccnc2)cc1-c1c2ccc(CC3CCCC3)cc2cc(C)[n+]1C. The summed E-state index contributed by atoms with van der Waals surface area (Å²) in [6.45, 7) is 4.43. The van der Waals surface area contributed by atoms with Gasteiger partial charge in [0, 0.05) is 30.9 Å². The molecule has 0 spiro atoms. The number of fused-ring (bicyclic) bond motifs is 1. The van der Waals surface area contributed by atoms with Crippen LogP contribution in [0.2, 0.25) is 0 Å². The zero-order valence-electron chi connectivity index (χ0n) is 18.9. The number of pyridine rings is 2. The van der Waals surface area contributed by atoms with E-state index in [1.165, 1.54) is 76.5 Å². The molecule has 0 amide bonds. The Morgan fingerprint density at radius 2 is 1.77 bits per heavy atom. The van der Waals surface area contributed by atoms with Crippen molar-refractivity contribution >= 4 is 10.8 Å². The van der Waals surface area contributed by atoms with Crippen LogP contribution < -0.4 is 4.57 Å². The maximum absolute atomic E-state index is 4.31. The summed E-state index contributed by atoms with van der Waals surface area (Å²) in [4.78, 5) is 4.31. The van der Waals surface area contributed by atoms with Gasteiger partial charge in [-0.2, -0.15) is 4.57 Å². The lowest BCUT2D eigenvalue weighted by atomic mass is 9.92. The van der Waals surface area contributed by atoms with Crippen LogP contribution in [0.4, 0.5) is 0 Å². The van der Waals surface area contributed by atoms with Crippen LogP contribution in [0.3, 0.4) is 0 Å². The first-order chi connectivity index (χ1) is 15.1. The molecule has 0 bridgehead atoms. The largest absolute Gasteiger partial charge is 0.264 e. The molecule has 0 N–H and O–H groups in total. The molecule has 2 heterocycles. The second-order valence-corrected chi connectivity index (χ2v) is 9.24. The minimum absolute atomic E-state index is 0.872. The molecule has 0 atom stereocenters. The van der Waals surface area contributed by atoms with Crippen molar-refractivity contribution in [1.82, 2.24) is 4.98 Å². The summed E-state index contributed by atoms with van der Waals surface area (Å²) in [5.41, 5.74) is 9.02. The Labute approximate surface area is 185 Å². The number of hydrogen-bond acceptors (Lipinski definition) is 1. The molecule has 4 aromatic rings. The van der Waals surface area contributed by atoms with Gasteiger partial charge in [-0.1, -0.05) is 56.0 Å². The lowest BCUT2D eigenvalue weighted by molar-refractivity contribution is -0.665. The summed E-state index contributed by atoms with van der Waals surface area (Å²) < 4.78 is 2.34. The minimum Gasteiger partial charge on any atom is -0.264 e. The fraction of sp³-hybridized carbons (Fsp3) is 0.310. The first kappa shape index (κ1) is 19.9. The van der Waals surface area contributed by atoms with E-state index in [2.05, 4.69) is 79.0 Å². The smallest absolute Gasteiger partial charge is 0.220 e. The number of aromatic nitrogens is 2. The van der Waals surface area contributed by atoms with Crippen molar-refractivity contribution < 1.29 is 4.57 Å². The molecule has 0 unspecified atom stereocenters. The second kappa shape index (κ2) is 8.26. The van der Waals surface area contributed by atoms with Crippen LogP contribution >= 0.6 is 0 Å². The van der Waals surface area contributed by atoms with Crippen LogP contribution in [-0.2, 0) is 13.5 Å². The van der Waals surface area contributed by atoms with Crippen molar-refractivity contribution in [3.63, 3.8) is 0 Å². The molecular formula is C29H31N2+. The van der Waals surface area contributed by atoms with Gasteiger partial charge in [0.25, 0.3) is 0 Å². The zero-order valence-corrected chi connectivity index (χ0v) is 18.9. The minimum atomic E-state index is 0.872. The van der Waals surface area contributed by atoms with Crippen molar-refractivity contribution in [1.29, 1.82) is 0 Å². The monoisotopic (exact) mass is 407 g/mol. The average Bonchev–Trinajstić information content (AvgIpc) is 3.29. The number of benzene rings is 2. The first-order valence-corrected chi connectivity index (χ1v) is 11.5. The third-order valence-corrected chi connectivity index (χ3v) is 7.09. The van der Waals surface area contributed by atoms with E-state index in [0.717, 1.165) is 11.5 Å². The Bertz CT molecular complexity index is 1230. The van der Waals surface area contributed by atoms with Crippen LogP contribution in [-0.4, -0.2) is 4.98 Å². The summed E-state index contributed by atoms with van der Waals surface area (Å²) in [6, 6.07) is 20.4. The van der Waals surface area contributed by atoms with E-state index in [4.69, 9.17) is 0 Å². The topological polar surface area (TPSA) is 16.8 Å². The normalized spacial score (nSPS) is 14.4. The number of aryl methyl sites for hydroxylation is 2. The number of nitrogens with zero attached hydrogens (tertiary/aromatic N) is 2. The molecule has 0 radical (unpaired) electrons. The van der Waals surface area contributed by atoms with E-state index in [1.54, 1.807) is 0 Å². The lowest BCUT2D eigenvalue weighted by Crippen LogP contribution is -2.35. The summed E-state index contributed by atoms with van der Waals surface area (Å²) in [6.07, 6.45) is 10.6. The average molecular weight is 408 g/mol. The first-order valence-electron chi connectivity index (χ1n) is 11.5. The van der Waals surface area contributed by atoms with Gasteiger partial charge in [0.15, 0.2) is 5.69 Å². The molecule has 0 saturated heterocycles. The summed E-state index contributed by atoms with van der Waals surface area (Å²) in [7, 11) is 2.19. The summed E-state index contributed by atoms with van der Waals surface area (Å²) >= 11 is 0.